The van der Waals surface area contributed by atoms with E-state index in [9.17, 15) is 22.0 Å². The number of hydrogen-bond donors (Lipinski definition) is 1. The molecule has 2 rings (SSSR count). The molecule has 1 saturated heterocycles. The standard InChI is InChI=1S/C12H12ClF2NO3S/c13-9-2-1-8(7-10(9)20(18)19)11(17)16-5-3-12(14,15)4-6-16/h1-2,7,20H,3-6H2. The monoisotopic (exact) mass is 323 g/mol. The van der Waals surface area contributed by atoms with Crippen molar-refractivity contribution in [3.8, 4) is 0 Å². The van der Waals surface area contributed by atoms with Gasteiger partial charge in [0, 0.05) is 31.5 Å². The minimum Gasteiger partial charge on any atom is -0.338 e. The Kier molecular flexibility index (Phi) is 4.29. The summed E-state index contributed by atoms with van der Waals surface area (Å²) >= 11 is 5.71. The number of halogens is 3. The number of carbonyl (C=O) groups excluding carboxylic acids is 1. The van der Waals surface area contributed by atoms with Gasteiger partial charge in [-0.25, -0.2) is 17.2 Å². The molecule has 1 amide bonds. The van der Waals surface area contributed by atoms with Crippen LogP contribution in [0.5, 0.6) is 0 Å². The van der Waals surface area contributed by atoms with Crippen LogP contribution in [0.3, 0.4) is 0 Å². The summed E-state index contributed by atoms with van der Waals surface area (Å²) in [5.74, 6) is -3.20. The van der Waals surface area contributed by atoms with Crippen LogP contribution in [-0.4, -0.2) is 38.2 Å². The average Bonchev–Trinajstić information content (AvgIpc) is 2.38. The molecule has 8 heteroatoms. The smallest absolute Gasteiger partial charge is 0.253 e. The van der Waals surface area contributed by atoms with E-state index < -0.39 is 22.5 Å². The van der Waals surface area contributed by atoms with Crippen molar-refractivity contribution in [2.75, 3.05) is 13.1 Å². The number of amides is 1. The highest BCUT2D eigenvalue weighted by molar-refractivity contribution is 7.72. The number of thiol groups is 1. The van der Waals surface area contributed by atoms with Crippen LogP contribution in [0.1, 0.15) is 23.2 Å². The number of alkyl halides is 2. The van der Waals surface area contributed by atoms with E-state index in [4.69, 9.17) is 11.6 Å². The van der Waals surface area contributed by atoms with Gasteiger partial charge in [-0.2, -0.15) is 0 Å². The van der Waals surface area contributed by atoms with Gasteiger partial charge in [0.15, 0.2) is 10.7 Å². The van der Waals surface area contributed by atoms with Gasteiger partial charge < -0.3 is 4.90 Å². The van der Waals surface area contributed by atoms with Gasteiger partial charge in [-0.3, -0.25) is 4.79 Å². The molecule has 1 heterocycles. The first-order valence-electron chi connectivity index (χ1n) is 5.91. The fourth-order valence-electron chi connectivity index (χ4n) is 2.01. The minimum atomic E-state index is -2.91. The zero-order valence-electron chi connectivity index (χ0n) is 10.3. The molecule has 0 N–H and O–H groups in total. The van der Waals surface area contributed by atoms with Crippen LogP contribution in [0.4, 0.5) is 8.78 Å². The normalized spacial score (nSPS) is 18.3. The molecule has 0 aromatic heterocycles. The Morgan fingerprint density at radius 3 is 2.40 bits per heavy atom. The highest BCUT2D eigenvalue weighted by Gasteiger charge is 2.35. The fraction of sp³-hybridized carbons (Fsp3) is 0.417. The molecule has 0 unspecified atom stereocenters. The van der Waals surface area contributed by atoms with Gasteiger partial charge in [-0.05, 0) is 18.2 Å². The van der Waals surface area contributed by atoms with Gasteiger partial charge in [-0.1, -0.05) is 11.6 Å². The fourth-order valence-corrected chi connectivity index (χ4v) is 2.82. The lowest BCUT2D eigenvalue weighted by atomic mass is 10.1. The van der Waals surface area contributed by atoms with Crippen LogP contribution in [0.15, 0.2) is 23.1 Å². The number of benzene rings is 1. The molecular formula is C12H12ClF2NO3S. The topological polar surface area (TPSA) is 54.5 Å². The molecule has 4 nitrogen and oxygen atoms in total. The zero-order valence-corrected chi connectivity index (χ0v) is 12.0. The molecular weight excluding hydrogens is 312 g/mol. The maximum atomic E-state index is 13.0. The van der Waals surface area contributed by atoms with Crippen LogP contribution < -0.4 is 0 Å². The Labute approximate surface area is 121 Å². The number of piperidine rings is 1. The molecule has 110 valence electrons. The van der Waals surface area contributed by atoms with Crippen LogP contribution in [0, 0.1) is 0 Å². The highest BCUT2D eigenvalue weighted by Crippen LogP contribution is 2.29. The van der Waals surface area contributed by atoms with Gasteiger partial charge in [0.2, 0.25) is 0 Å². The summed E-state index contributed by atoms with van der Waals surface area (Å²) in [6, 6.07) is 3.87. The van der Waals surface area contributed by atoms with E-state index in [-0.39, 0.29) is 41.4 Å². The molecule has 1 aliphatic rings. The molecule has 1 aliphatic heterocycles. The largest absolute Gasteiger partial charge is 0.338 e. The lowest BCUT2D eigenvalue weighted by molar-refractivity contribution is -0.0494. The van der Waals surface area contributed by atoms with Crippen molar-refractivity contribution in [1.29, 1.82) is 0 Å². The maximum absolute atomic E-state index is 13.0. The SMILES string of the molecule is O=C(c1ccc(Cl)c([SH](=O)=O)c1)N1CCC(F)(F)CC1. The van der Waals surface area contributed by atoms with E-state index in [2.05, 4.69) is 0 Å². The number of hydrogen-bond acceptors (Lipinski definition) is 3. The van der Waals surface area contributed by atoms with Gasteiger partial charge >= 0.3 is 0 Å². The van der Waals surface area contributed by atoms with E-state index in [1.165, 1.54) is 23.1 Å². The van der Waals surface area contributed by atoms with Crippen molar-refractivity contribution < 1.29 is 22.0 Å². The van der Waals surface area contributed by atoms with Crippen LogP contribution in [0.25, 0.3) is 0 Å². The Hall–Kier alpha value is -1.21. The third-order valence-electron chi connectivity index (χ3n) is 3.17. The molecule has 0 saturated carbocycles. The third kappa shape index (κ3) is 3.27. The lowest BCUT2D eigenvalue weighted by Gasteiger charge is -2.31. The molecule has 1 aromatic carbocycles. The van der Waals surface area contributed by atoms with Gasteiger partial charge in [0.05, 0.1) is 9.92 Å². The number of likely N-dealkylation sites (tertiary alicyclic amines) is 1. The second kappa shape index (κ2) is 5.65. The predicted octanol–water partition coefficient (Wildman–Crippen LogP) is 2.18. The van der Waals surface area contributed by atoms with E-state index in [0.29, 0.717) is 0 Å². The summed E-state index contributed by atoms with van der Waals surface area (Å²) in [5.41, 5.74) is 0.133. The van der Waals surface area contributed by atoms with E-state index in [1.54, 1.807) is 0 Å². The van der Waals surface area contributed by atoms with E-state index >= 15 is 0 Å². The van der Waals surface area contributed by atoms with E-state index in [0.717, 1.165) is 0 Å². The molecule has 0 atom stereocenters. The van der Waals surface area contributed by atoms with Crippen LogP contribution >= 0.6 is 11.6 Å². The van der Waals surface area contributed by atoms with Gasteiger partial charge in [0.1, 0.15) is 0 Å². The number of nitrogens with zero attached hydrogens (tertiary/aromatic N) is 1. The summed E-state index contributed by atoms with van der Waals surface area (Å²) in [7, 11) is -2.91. The molecule has 0 spiro atoms. The van der Waals surface area contributed by atoms with Crippen LogP contribution in [-0.2, 0) is 10.7 Å². The maximum Gasteiger partial charge on any atom is 0.253 e. The van der Waals surface area contributed by atoms with E-state index in [1.807, 2.05) is 0 Å². The molecule has 0 aliphatic carbocycles. The summed E-state index contributed by atoms with van der Waals surface area (Å²) in [6.45, 7) is -0.0966. The molecule has 1 aromatic rings. The number of rotatable bonds is 2. The Morgan fingerprint density at radius 1 is 1.25 bits per heavy atom. The molecule has 0 bridgehead atoms. The predicted molar refractivity (Wildman–Crippen MR) is 70.1 cm³/mol. The first-order valence-corrected chi connectivity index (χ1v) is 7.47. The Bertz CT molecular complexity index is 601. The summed E-state index contributed by atoms with van der Waals surface area (Å²) in [4.78, 5) is 13.3. The molecule has 20 heavy (non-hydrogen) atoms. The second-order valence-corrected chi connectivity index (χ2v) is 5.97. The zero-order chi connectivity index (χ0) is 14.9. The van der Waals surface area contributed by atoms with Crippen molar-refractivity contribution >= 4 is 28.2 Å². The lowest BCUT2D eigenvalue weighted by Crippen LogP contribution is -2.42. The number of carbonyl (C=O) groups is 1. The van der Waals surface area contributed by atoms with Crippen LogP contribution in [0.2, 0.25) is 5.02 Å². The third-order valence-corrected chi connectivity index (χ3v) is 4.40. The molecule has 0 radical (unpaired) electrons. The molecule has 1 fully saturated rings. The summed E-state index contributed by atoms with van der Waals surface area (Å²) in [6.07, 6.45) is -0.760. The van der Waals surface area contributed by atoms with Crippen molar-refractivity contribution in [3.05, 3.63) is 28.8 Å². The van der Waals surface area contributed by atoms with Crippen molar-refractivity contribution in [2.24, 2.45) is 0 Å². The summed E-state index contributed by atoms with van der Waals surface area (Å²) < 4.78 is 48.0. The summed E-state index contributed by atoms with van der Waals surface area (Å²) in [5, 5.41) is 0.0304. The Morgan fingerprint density at radius 2 is 1.85 bits per heavy atom. The minimum absolute atomic E-state index is 0.0304. The van der Waals surface area contributed by atoms with Crippen molar-refractivity contribution in [3.63, 3.8) is 0 Å². The highest BCUT2D eigenvalue weighted by atomic mass is 35.5. The second-order valence-electron chi connectivity index (χ2n) is 4.57. The average molecular weight is 324 g/mol. The quantitative estimate of drug-likeness (QED) is 0.849. The van der Waals surface area contributed by atoms with Gasteiger partial charge in [-0.15, -0.1) is 0 Å². The van der Waals surface area contributed by atoms with Crippen molar-refractivity contribution in [2.45, 2.75) is 23.7 Å². The first-order chi connectivity index (χ1) is 9.30. The van der Waals surface area contributed by atoms with Gasteiger partial charge in [0.25, 0.3) is 11.8 Å². The Balaban J connectivity index is 2.20. The first kappa shape index (κ1) is 15.2. The van der Waals surface area contributed by atoms with Crippen molar-refractivity contribution in [1.82, 2.24) is 4.90 Å².